The number of halogens is 1. The molecule has 1 saturated heterocycles. The summed E-state index contributed by atoms with van der Waals surface area (Å²) in [5, 5.41) is 11.7. The zero-order valence-corrected chi connectivity index (χ0v) is 19.0. The van der Waals surface area contributed by atoms with Crippen molar-refractivity contribution < 1.29 is 14.3 Å². The lowest BCUT2D eigenvalue weighted by molar-refractivity contribution is -0.125. The maximum Gasteiger partial charge on any atom is 0.360 e. The highest BCUT2D eigenvalue weighted by molar-refractivity contribution is 6.30. The molecule has 10 heteroatoms. The molecule has 2 aromatic heterocycles. The van der Waals surface area contributed by atoms with Gasteiger partial charge in [-0.05, 0) is 42.7 Å². The van der Waals surface area contributed by atoms with Crippen molar-refractivity contribution in [2.45, 2.75) is 31.5 Å². The number of hydrogen-bond donors (Lipinski definition) is 1. The number of nitrogens with one attached hydrogen (secondary N) is 1. The average molecular weight is 469 g/mol. The molecule has 1 aliphatic heterocycles. The molecule has 3 aromatic rings. The molecule has 172 valence electrons. The third-order valence-corrected chi connectivity index (χ3v) is 5.89. The first-order chi connectivity index (χ1) is 16.0. The van der Waals surface area contributed by atoms with Crippen LogP contribution >= 0.6 is 11.6 Å². The Balaban J connectivity index is 1.44. The minimum Gasteiger partial charge on any atom is -0.464 e. The molecule has 4 rings (SSSR count). The second-order valence-electron chi connectivity index (χ2n) is 7.90. The molecule has 0 bridgehead atoms. The number of rotatable bonds is 8. The Hall–Kier alpha value is -3.30. The summed E-state index contributed by atoms with van der Waals surface area (Å²) >= 11 is 6.05. The number of esters is 1. The molecule has 33 heavy (non-hydrogen) atoms. The van der Waals surface area contributed by atoms with Crippen molar-refractivity contribution in [3.8, 4) is 0 Å². The van der Waals surface area contributed by atoms with Gasteiger partial charge in [-0.3, -0.25) is 14.7 Å². The lowest BCUT2D eigenvalue weighted by Gasteiger charge is -2.23. The number of likely N-dealkylation sites (tertiary alicyclic amines) is 1. The summed E-state index contributed by atoms with van der Waals surface area (Å²) in [6, 6.07) is 12.9. The van der Waals surface area contributed by atoms with Gasteiger partial charge in [0.1, 0.15) is 0 Å². The van der Waals surface area contributed by atoms with Gasteiger partial charge in [0.05, 0.1) is 31.1 Å². The molecule has 1 fully saturated rings. The molecule has 0 unspecified atom stereocenters. The van der Waals surface area contributed by atoms with Crippen molar-refractivity contribution in [2.75, 3.05) is 20.2 Å². The number of methoxy groups -OCH3 is 1. The molecule has 1 aliphatic rings. The van der Waals surface area contributed by atoms with E-state index in [-0.39, 0.29) is 23.7 Å². The van der Waals surface area contributed by atoms with E-state index in [4.69, 9.17) is 16.3 Å². The van der Waals surface area contributed by atoms with Gasteiger partial charge in [-0.2, -0.15) is 0 Å². The summed E-state index contributed by atoms with van der Waals surface area (Å²) in [5.41, 5.74) is 2.09. The van der Waals surface area contributed by atoms with Crippen molar-refractivity contribution in [3.05, 3.63) is 76.8 Å². The van der Waals surface area contributed by atoms with E-state index in [2.05, 4.69) is 25.5 Å². The number of amides is 1. The van der Waals surface area contributed by atoms with Crippen LogP contribution in [0, 0.1) is 0 Å². The van der Waals surface area contributed by atoms with Gasteiger partial charge in [-0.25, -0.2) is 9.48 Å². The monoisotopic (exact) mass is 468 g/mol. The lowest BCUT2D eigenvalue weighted by Crippen LogP contribution is -2.43. The van der Waals surface area contributed by atoms with Crippen LogP contribution in [-0.4, -0.2) is 63.0 Å². The van der Waals surface area contributed by atoms with E-state index in [0.29, 0.717) is 37.5 Å². The number of carbonyl (C=O) groups is 2. The summed E-state index contributed by atoms with van der Waals surface area (Å²) in [4.78, 5) is 31.4. The van der Waals surface area contributed by atoms with Gasteiger partial charge in [0, 0.05) is 30.9 Å². The third kappa shape index (κ3) is 5.74. The Morgan fingerprint density at radius 1 is 1.24 bits per heavy atom. The summed E-state index contributed by atoms with van der Waals surface area (Å²) < 4.78 is 6.35. The zero-order valence-electron chi connectivity index (χ0n) is 18.2. The second-order valence-corrected chi connectivity index (χ2v) is 8.34. The molecular weight excluding hydrogens is 444 g/mol. The molecule has 1 N–H and O–H groups in total. The largest absolute Gasteiger partial charge is 0.464 e. The summed E-state index contributed by atoms with van der Waals surface area (Å²) in [5.74, 6) is -0.594. The topological polar surface area (TPSA) is 102 Å². The maximum atomic E-state index is 13.1. The number of pyridine rings is 1. The normalized spacial score (nSPS) is 18.2. The Morgan fingerprint density at radius 2 is 2.12 bits per heavy atom. The van der Waals surface area contributed by atoms with E-state index in [9.17, 15) is 9.59 Å². The fraction of sp³-hybridized carbons (Fsp3) is 0.348. The fourth-order valence-electron chi connectivity index (χ4n) is 4.01. The standard InChI is InChI=1S/C23H25ClN6O3/c1-33-23(32)20-15-30(28-27-20)19-12-21(29(14-19)13-18-7-2-3-9-25-18)22(31)26-10-8-16-5-4-6-17(24)11-16/h2-7,9,11,15,19,21H,8,10,12-14H2,1H3,(H,26,31)/t19-,21-/m0/s1. The van der Waals surface area contributed by atoms with Crippen LogP contribution in [0.15, 0.2) is 54.9 Å². The van der Waals surface area contributed by atoms with E-state index in [1.54, 1.807) is 17.1 Å². The number of aromatic nitrogens is 4. The molecule has 1 aromatic carbocycles. The number of ether oxygens (including phenoxy) is 1. The highest BCUT2D eigenvalue weighted by atomic mass is 35.5. The van der Waals surface area contributed by atoms with Crippen molar-refractivity contribution in [3.63, 3.8) is 0 Å². The van der Waals surface area contributed by atoms with E-state index < -0.39 is 5.97 Å². The SMILES string of the molecule is COC(=O)c1cn([C@H]2C[C@@H](C(=O)NCCc3cccc(Cl)c3)N(Cc3ccccn3)C2)nn1. The highest BCUT2D eigenvalue weighted by Gasteiger charge is 2.38. The predicted molar refractivity (Wildman–Crippen MR) is 122 cm³/mol. The first-order valence-electron chi connectivity index (χ1n) is 10.7. The quantitative estimate of drug-likeness (QED) is 0.506. The summed E-state index contributed by atoms with van der Waals surface area (Å²) in [7, 11) is 1.30. The van der Waals surface area contributed by atoms with Crippen LogP contribution in [0.5, 0.6) is 0 Å². The summed E-state index contributed by atoms with van der Waals surface area (Å²) in [6.45, 7) is 1.61. The minimum atomic E-state index is -0.542. The summed E-state index contributed by atoms with van der Waals surface area (Å²) in [6.07, 6.45) is 4.53. The van der Waals surface area contributed by atoms with Gasteiger partial charge in [0.15, 0.2) is 5.69 Å². The second kappa shape index (κ2) is 10.5. The number of carbonyl (C=O) groups excluding carboxylic acids is 2. The highest BCUT2D eigenvalue weighted by Crippen LogP contribution is 2.28. The van der Waals surface area contributed by atoms with Gasteiger partial charge < -0.3 is 10.1 Å². The van der Waals surface area contributed by atoms with E-state index >= 15 is 0 Å². The van der Waals surface area contributed by atoms with Crippen LogP contribution in [0.2, 0.25) is 5.02 Å². The number of hydrogen-bond acceptors (Lipinski definition) is 7. The van der Waals surface area contributed by atoms with Crippen LogP contribution in [0.1, 0.15) is 34.2 Å². The number of nitrogens with zero attached hydrogens (tertiary/aromatic N) is 5. The molecule has 0 spiro atoms. The molecule has 0 aliphatic carbocycles. The fourth-order valence-corrected chi connectivity index (χ4v) is 4.22. The van der Waals surface area contributed by atoms with Crippen molar-refractivity contribution >= 4 is 23.5 Å². The van der Waals surface area contributed by atoms with Gasteiger partial charge in [-0.15, -0.1) is 5.10 Å². The first-order valence-corrected chi connectivity index (χ1v) is 11.1. The predicted octanol–water partition coefficient (Wildman–Crippen LogP) is 2.29. The van der Waals surface area contributed by atoms with Gasteiger partial charge in [0.25, 0.3) is 0 Å². The zero-order chi connectivity index (χ0) is 23.2. The first kappa shape index (κ1) is 22.9. The van der Waals surface area contributed by atoms with Crippen LogP contribution in [0.3, 0.4) is 0 Å². The molecule has 9 nitrogen and oxygen atoms in total. The van der Waals surface area contributed by atoms with Gasteiger partial charge in [0.2, 0.25) is 5.91 Å². The van der Waals surface area contributed by atoms with Crippen LogP contribution < -0.4 is 5.32 Å². The molecule has 1 amide bonds. The van der Waals surface area contributed by atoms with Crippen molar-refractivity contribution in [1.29, 1.82) is 0 Å². The molecule has 0 radical (unpaired) electrons. The third-order valence-electron chi connectivity index (χ3n) is 5.66. The Kier molecular flexibility index (Phi) is 7.31. The molecule has 3 heterocycles. The van der Waals surface area contributed by atoms with E-state index in [1.807, 2.05) is 42.5 Å². The molecular formula is C23H25ClN6O3. The van der Waals surface area contributed by atoms with E-state index in [1.165, 1.54) is 7.11 Å². The Morgan fingerprint density at radius 3 is 2.88 bits per heavy atom. The van der Waals surface area contributed by atoms with Crippen molar-refractivity contribution in [1.82, 2.24) is 30.2 Å². The van der Waals surface area contributed by atoms with Crippen molar-refractivity contribution in [2.24, 2.45) is 0 Å². The minimum absolute atomic E-state index is 0.0521. The smallest absolute Gasteiger partial charge is 0.360 e. The van der Waals surface area contributed by atoms with E-state index in [0.717, 1.165) is 11.3 Å². The molecule has 2 atom stereocenters. The Labute approximate surface area is 196 Å². The van der Waals surface area contributed by atoms with Crippen LogP contribution in [0.4, 0.5) is 0 Å². The lowest BCUT2D eigenvalue weighted by atomic mass is 10.1. The molecule has 0 saturated carbocycles. The Bertz CT molecular complexity index is 1110. The van der Waals surface area contributed by atoms with Gasteiger partial charge >= 0.3 is 5.97 Å². The average Bonchev–Trinajstić information content (AvgIpc) is 3.47. The maximum absolute atomic E-state index is 13.1. The van der Waals surface area contributed by atoms with Crippen LogP contribution in [0.25, 0.3) is 0 Å². The van der Waals surface area contributed by atoms with Crippen LogP contribution in [-0.2, 0) is 22.5 Å². The van der Waals surface area contributed by atoms with Gasteiger partial charge in [-0.1, -0.05) is 35.0 Å². The number of benzene rings is 1.